The van der Waals surface area contributed by atoms with Crippen molar-refractivity contribution in [3.8, 4) is 0 Å². The number of aliphatic imine (C=N–C) groups is 1. The third-order valence-electron chi connectivity index (χ3n) is 7.80. The molecule has 7 heteroatoms. The predicted octanol–water partition coefficient (Wildman–Crippen LogP) is 6.79. The molecule has 2 aromatic carbocycles. The molecular formula is C34H45N5O2. The topological polar surface area (TPSA) is 72.1 Å². The lowest BCUT2D eigenvalue weighted by Crippen LogP contribution is -2.27. The molecule has 1 aromatic heterocycles. The Morgan fingerprint density at radius 3 is 2.41 bits per heavy atom. The van der Waals surface area contributed by atoms with Crippen molar-refractivity contribution in [1.29, 1.82) is 0 Å². The molecule has 0 unspecified atom stereocenters. The minimum absolute atomic E-state index is 0.0602. The van der Waals surface area contributed by atoms with Crippen molar-refractivity contribution in [3.05, 3.63) is 86.6 Å². The van der Waals surface area contributed by atoms with Crippen LogP contribution in [0.25, 0.3) is 0 Å². The second-order valence-electron chi connectivity index (χ2n) is 10.8. The summed E-state index contributed by atoms with van der Waals surface area (Å²) in [6.45, 7) is 13.0. The molecule has 0 saturated heterocycles. The van der Waals surface area contributed by atoms with Crippen LogP contribution in [0.5, 0.6) is 0 Å². The second kappa shape index (κ2) is 14.4. The third-order valence-corrected chi connectivity index (χ3v) is 7.80. The maximum Gasteiger partial charge on any atom is 0.277 e. The molecule has 0 spiro atoms. The Morgan fingerprint density at radius 2 is 1.73 bits per heavy atom. The van der Waals surface area contributed by atoms with Crippen molar-refractivity contribution in [2.75, 3.05) is 31.7 Å². The van der Waals surface area contributed by atoms with Gasteiger partial charge >= 0.3 is 0 Å². The average Bonchev–Trinajstić information content (AvgIpc) is 3.33. The molecular weight excluding hydrogens is 510 g/mol. The van der Waals surface area contributed by atoms with Crippen molar-refractivity contribution in [2.24, 2.45) is 10.1 Å². The number of aryl methyl sites for hydroxylation is 3. The molecule has 1 aliphatic heterocycles. The SMILES string of the molecule is CCCCCc1nc2n(c(=O)c1CCCC)N=C(c1ccccc1C)C2=Nc1ccc(N(CC)CCOC)cc1C. The summed E-state index contributed by atoms with van der Waals surface area (Å²) in [5.74, 6) is 0.541. The van der Waals surface area contributed by atoms with Crippen molar-refractivity contribution < 1.29 is 4.74 Å². The lowest BCUT2D eigenvalue weighted by atomic mass is 10.00. The predicted molar refractivity (Wildman–Crippen MR) is 171 cm³/mol. The van der Waals surface area contributed by atoms with Crippen LogP contribution in [0.1, 0.15) is 86.6 Å². The van der Waals surface area contributed by atoms with Crippen LogP contribution in [0, 0.1) is 13.8 Å². The number of fused-ring (bicyclic) bond motifs is 1. The van der Waals surface area contributed by atoms with E-state index in [2.05, 4.69) is 63.8 Å². The molecule has 41 heavy (non-hydrogen) atoms. The normalized spacial score (nSPS) is 13.5. The van der Waals surface area contributed by atoms with Gasteiger partial charge in [0, 0.05) is 37.0 Å². The third kappa shape index (κ3) is 6.84. The van der Waals surface area contributed by atoms with Crippen LogP contribution < -0.4 is 10.5 Å². The molecule has 218 valence electrons. The fourth-order valence-corrected chi connectivity index (χ4v) is 5.32. The zero-order valence-electron chi connectivity index (χ0n) is 25.7. The van der Waals surface area contributed by atoms with Crippen LogP contribution >= 0.6 is 0 Å². The van der Waals surface area contributed by atoms with Gasteiger partial charge in [-0.05, 0) is 75.8 Å². The van der Waals surface area contributed by atoms with E-state index in [-0.39, 0.29) is 5.56 Å². The smallest absolute Gasteiger partial charge is 0.277 e. The van der Waals surface area contributed by atoms with E-state index >= 15 is 0 Å². The van der Waals surface area contributed by atoms with Crippen LogP contribution in [0.4, 0.5) is 11.4 Å². The average molecular weight is 556 g/mol. The highest BCUT2D eigenvalue weighted by Crippen LogP contribution is 2.28. The summed E-state index contributed by atoms with van der Waals surface area (Å²) in [5.41, 5.74) is 8.07. The first-order chi connectivity index (χ1) is 19.9. The fourth-order valence-electron chi connectivity index (χ4n) is 5.32. The van der Waals surface area contributed by atoms with Crippen LogP contribution in [0.15, 0.2) is 57.4 Å². The van der Waals surface area contributed by atoms with Gasteiger partial charge in [0.05, 0.1) is 18.0 Å². The van der Waals surface area contributed by atoms with E-state index in [1.165, 1.54) is 4.68 Å². The molecule has 0 atom stereocenters. The van der Waals surface area contributed by atoms with Gasteiger partial charge in [-0.3, -0.25) is 4.79 Å². The standard InChI is InChI=1S/C34H45N5O2/c1-7-10-12-18-30-28(16-11-8-2)34(40)39-33(36-30)32(31(37-39)27-17-14-13-15-24(27)4)35-29-20-19-26(23-25(29)5)38(9-3)21-22-41-6/h13-15,17,19-20,23H,7-12,16,18,21-22H2,1-6H3. The Hall–Kier alpha value is -3.58. The Balaban J connectivity index is 1.87. The van der Waals surface area contributed by atoms with Gasteiger partial charge in [-0.15, -0.1) is 0 Å². The summed E-state index contributed by atoms with van der Waals surface area (Å²) < 4.78 is 6.81. The molecule has 0 bridgehead atoms. The minimum atomic E-state index is -0.0602. The van der Waals surface area contributed by atoms with Crippen molar-refractivity contribution in [1.82, 2.24) is 9.66 Å². The van der Waals surface area contributed by atoms with E-state index in [4.69, 9.17) is 19.8 Å². The quantitative estimate of drug-likeness (QED) is 0.205. The Kier molecular flexibility index (Phi) is 10.6. The molecule has 3 aromatic rings. The zero-order valence-corrected chi connectivity index (χ0v) is 25.7. The van der Waals surface area contributed by atoms with Gasteiger partial charge in [0.25, 0.3) is 5.56 Å². The number of aromatic nitrogens is 2. The molecule has 1 aliphatic rings. The first-order valence-electron chi connectivity index (χ1n) is 15.2. The number of anilines is 1. The number of hydrogen-bond acceptors (Lipinski definition) is 6. The molecule has 0 N–H and O–H groups in total. The number of ether oxygens (including phenoxy) is 1. The molecule has 0 fully saturated rings. The first-order valence-corrected chi connectivity index (χ1v) is 15.2. The summed E-state index contributed by atoms with van der Waals surface area (Å²) in [6.07, 6.45) is 6.75. The van der Waals surface area contributed by atoms with Crippen LogP contribution in [-0.2, 0) is 17.6 Å². The maximum atomic E-state index is 13.9. The fraction of sp³-hybridized carbons (Fsp3) is 0.471. The number of rotatable bonds is 14. The first kappa shape index (κ1) is 30.4. The number of benzene rings is 2. The van der Waals surface area contributed by atoms with Crippen LogP contribution in [0.2, 0.25) is 0 Å². The van der Waals surface area contributed by atoms with Crippen molar-refractivity contribution in [3.63, 3.8) is 0 Å². The summed E-state index contributed by atoms with van der Waals surface area (Å²) in [7, 11) is 1.73. The Bertz CT molecular complexity index is 1470. The summed E-state index contributed by atoms with van der Waals surface area (Å²) in [5, 5.41) is 4.89. The highest BCUT2D eigenvalue weighted by atomic mass is 16.5. The number of unbranched alkanes of at least 4 members (excludes halogenated alkanes) is 3. The summed E-state index contributed by atoms with van der Waals surface area (Å²) >= 11 is 0. The lowest BCUT2D eigenvalue weighted by Gasteiger charge is -2.23. The highest BCUT2D eigenvalue weighted by molar-refractivity contribution is 6.54. The molecule has 0 amide bonds. The van der Waals surface area contributed by atoms with Crippen LogP contribution in [0.3, 0.4) is 0 Å². The van der Waals surface area contributed by atoms with Crippen molar-refractivity contribution in [2.45, 2.75) is 79.6 Å². The van der Waals surface area contributed by atoms with Crippen LogP contribution in [-0.4, -0.2) is 47.9 Å². The van der Waals surface area contributed by atoms with Gasteiger partial charge in [0.2, 0.25) is 0 Å². The molecule has 7 nitrogen and oxygen atoms in total. The Labute approximate surface area is 245 Å². The van der Waals surface area contributed by atoms with Gasteiger partial charge in [-0.25, -0.2) is 9.98 Å². The summed E-state index contributed by atoms with van der Waals surface area (Å²) in [4.78, 5) is 26.5. The van der Waals surface area contributed by atoms with E-state index in [1.807, 2.05) is 18.2 Å². The van der Waals surface area contributed by atoms with E-state index in [0.717, 1.165) is 97.4 Å². The van der Waals surface area contributed by atoms with Gasteiger partial charge in [-0.2, -0.15) is 9.78 Å². The number of hydrogen-bond donors (Lipinski definition) is 0. The van der Waals surface area contributed by atoms with E-state index in [9.17, 15) is 4.79 Å². The van der Waals surface area contributed by atoms with Gasteiger partial charge < -0.3 is 9.64 Å². The highest BCUT2D eigenvalue weighted by Gasteiger charge is 2.30. The van der Waals surface area contributed by atoms with Gasteiger partial charge in [-0.1, -0.05) is 57.4 Å². The molecule has 4 rings (SSSR count). The van der Waals surface area contributed by atoms with Crippen molar-refractivity contribution >= 4 is 22.8 Å². The second-order valence-corrected chi connectivity index (χ2v) is 10.8. The largest absolute Gasteiger partial charge is 0.383 e. The zero-order chi connectivity index (χ0) is 29.4. The van der Waals surface area contributed by atoms with E-state index in [0.29, 0.717) is 23.9 Å². The lowest BCUT2D eigenvalue weighted by molar-refractivity contribution is 0.205. The minimum Gasteiger partial charge on any atom is -0.383 e. The van der Waals surface area contributed by atoms with E-state index in [1.54, 1.807) is 7.11 Å². The maximum absolute atomic E-state index is 13.9. The van der Waals surface area contributed by atoms with E-state index < -0.39 is 0 Å². The monoisotopic (exact) mass is 555 g/mol. The molecule has 0 saturated carbocycles. The molecule has 0 aliphatic carbocycles. The number of nitrogens with zero attached hydrogens (tertiary/aromatic N) is 5. The van der Waals surface area contributed by atoms with Gasteiger partial charge in [0.1, 0.15) is 11.4 Å². The number of methoxy groups -OCH3 is 1. The molecule has 0 radical (unpaired) electrons. The Morgan fingerprint density at radius 1 is 0.951 bits per heavy atom. The van der Waals surface area contributed by atoms with Gasteiger partial charge in [0.15, 0.2) is 5.82 Å². The molecule has 2 heterocycles. The number of likely N-dealkylation sites (N-methyl/N-ethyl adjacent to an activating group) is 1. The summed E-state index contributed by atoms with van der Waals surface area (Å²) in [6, 6.07) is 14.5.